The van der Waals surface area contributed by atoms with Crippen LogP contribution in [0.4, 0.5) is 0 Å². The number of nitrogens with zero attached hydrogens (tertiary/aromatic N) is 1. The molecule has 0 radical (unpaired) electrons. The lowest BCUT2D eigenvalue weighted by Crippen LogP contribution is -2.48. The molecular formula is C14H16N2O4. The minimum Gasteiger partial charge on any atom is -0.454 e. The van der Waals surface area contributed by atoms with Gasteiger partial charge in [-0.1, -0.05) is 0 Å². The molecule has 0 aromatic heterocycles. The Morgan fingerprint density at radius 2 is 2.15 bits per heavy atom. The summed E-state index contributed by atoms with van der Waals surface area (Å²) in [5.74, 6) is 1.22. The third kappa shape index (κ3) is 2.41. The molecule has 6 nitrogen and oxygen atoms in total. The smallest absolute Gasteiger partial charge is 0.251 e. The monoisotopic (exact) mass is 276 g/mol. The number of likely N-dealkylation sites (tertiary alicyclic amines) is 1. The molecule has 6 heteroatoms. The third-order valence-corrected chi connectivity index (χ3v) is 3.60. The van der Waals surface area contributed by atoms with Gasteiger partial charge in [-0.25, -0.2) is 0 Å². The van der Waals surface area contributed by atoms with Gasteiger partial charge in [-0.15, -0.1) is 0 Å². The largest absolute Gasteiger partial charge is 0.454 e. The topological polar surface area (TPSA) is 67.9 Å². The maximum absolute atomic E-state index is 12.2. The van der Waals surface area contributed by atoms with Gasteiger partial charge in [0.1, 0.15) is 0 Å². The van der Waals surface area contributed by atoms with Crippen LogP contribution in [0, 0.1) is 0 Å². The van der Waals surface area contributed by atoms with Gasteiger partial charge in [-0.3, -0.25) is 9.59 Å². The molecular weight excluding hydrogens is 260 g/mol. The highest BCUT2D eigenvalue weighted by molar-refractivity contribution is 5.95. The predicted octanol–water partition coefficient (Wildman–Crippen LogP) is 0.766. The molecule has 3 rings (SSSR count). The van der Waals surface area contributed by atoms with E-state index in [0.29, 0.717) is 36.4 Å². The maximum Gasteiger partial charge on any atom is 0.251 e. The lowest BCUT2D eigenvalue weighted by Gasteiger charge is -2.30. The van der Waals surface area contributed by atoms with Crippen LogP contribution in [0.5, 0.6) is 11.5 Å². The van der Waals surface area contributed by atoms with Gasteiger partial charge in [-0.2, -0.15) is 0 Å². The van der Waals surface area contributed by atoms with E-state index in [2.05, 4.69) is 5.32 Å². The van der Waals surface area contributed by atoms with Crippen molar-refractivity contribution in [1.29, 1.82) is 0 Å². The molecule has 1 N–H and O–H groups in total. The molecule has 20 heavy (non-hydrogen) atoms. The fourth-order valence-electron chi connectivity index (χ4n) is 2.44. The van der Waals surface area contributed by atoms with Crippen molar-refractivity contribution in [2.75, 3.05) is 20.4 Å². The SMILES string of the molecule is CN1CC(NC(=O)c2ccc3c(c2)OCO3)CCC1=O. The number of piperidine rings is 1. The molecule has 0 aliphatic carbocycles. The van der Waals surface area contributed by atoms with E-state index in [1.54, 1.807) is 30.1 Å². The van der Waals surface area contributed by atoms with E-state index in [0.717, 1.165) is 0 Å². The Balaban J connectivity index is 1.66. The highest BCUT2D eigenvalue weighted by Gasteiger charge is 2.25. The summed E-state index contributed by atoms with van der Waals surface area (Å²) < 4.78 is 10.5. The summed E-state index contributed by atoms with van der Waals surface area (Å²) in [5, 5.41) is 2.95. The van der Waals surface area contributed by atoms with Crippen LogP contribution >= 0.6 is 0 Å². The van der Waals surface area contributed by atoms with Crippen molar-refractivity contribution in [1.82, 2.24) is 10.2 Å². The van der Waals surface area contributed by atoms with E-state index in [9.17, 15) is 9.59 Å². The van der Waals surface area contributed by atoms with Gasteiger partial charge in [0.2, 0.25) is 12.7 Å². The van der Waals surface area contributed by atoms with Gasteiger partial charge in [0.15, 0.2) is 11.5 Å². The van der Waals surface area contributed by atoms with E-state index < -0.39 is 0 Å². The molecule has 2 aliphatic rings. The first-order valence-electron chi connectivity index (χ1n) is 6.58. The first-order valence-corrected chi connectivity index (χ1v) is 6.58. The fourth-order valence-corrected chi connectivity index (χ4v) is 2.44. The van der Waals surface area contributed by atoms with Crippen molar-refractivity contribution in [3.8, 4) is 11.5 Å². The Bertz CT molecular complexity index is 558. The van der Waals surface area contributed by atoms with Crippen LogP contribution in [0.25, 0.3) is 0 Å². The van der Waals surface area contributed by atoms with Gasteiger partial charge in [0.05, 0.1) is 0 Å². The Labute approximate surface area is 116 Å². The molecule has 1 aromatic rings. The van der Waals surface area contributed by atoms with Crippen molar-refractivity contribution in [3.63, 3.8) is 0 Å². The quantitative estimate of drug-likeness (QED) is 0.866. The Morgan fingerprint density at radius 1 is 1.35 bits per heavy atom. The summed E-state index contributed by atoms with van der Waals surface area (Å²) in [6.45, 7) is 0.741. The predicted molar refractivity (Wildman–Crippen MR) is 70.7 cm³/mol. The minimum atomic E-state index is -0.156. The first kappa shape index (κ1) is 12.8. The van der Waals surface area contributed by atoms with Crippen LogP contribution in [-0.2, 0) is 4.79 Å². The zero-order valence-corrected chi connectivity index (χ0v) is 11.2. The van der Waals surface area contributed by atoms with Crippen LogP contribution in [-0.4, -0.2) is 43.1 Å². The zero-order valence-electron chi connectivity index (χ0n) is 11.2. The number of rotatable bonds is 2. The molecule has 106 valence electrons. The second-order valence-electron chi connectivity index (χ2n) is 5.05. The molecule has 1 saturated heterocycles. The second-order valence-corrected chi connectivity index (χ2v) is 5.05. The number of carbonyl (C=O) groups excluding carboxylic acids is 2. The Hall–Kier alpha value is -2.24. The van der Waals surface area contributed by atoms with Crippen molar-refractivity contribution in [2.24, 2.45) is 0 Å². The standard InChI is InChI=1S/C14H16N2O4/c1-16-7-10(3-5-13(16)17)15-14(18)9-2-4-11-12(6-9)20-8-19-11/h2,4,6,10H,3,5,7-8H2,1H3,(H,15,18). The van der Waals surface area contributed by atoms with E-state index in [1.165, 1.54) is 0 Å². The highest BCUT2D eigenvalue weighted by atomic mass is 16.7. The van der Waals surface area contributed by atoms with Gasteiger partial charge in [0.25, 0.3) is 5.91 Å². The van der Waals surface area contributed by atoms with Crippen LogP contribution in [0.1, 0.15) is 23.2 Å². The number of amides is 2. The second kappa shape index (κ2) is 5.03. The van der Waals surface area contributed by atoms with Crippen LogP contribution in [0.15, 0.2) is 18.2 Å². The molecule has 1 atom stereocenters. The van der Waals surface area contributed by atoms with Gasteiger partial charge in [0, 0.05) is 31.6 Å². The first-order chi connectivity index (χ1) is 9.63. The van der Waals surface area contributed by atoms with Crippen LogP contribution in [0.2, 0.25) is 0 Å². The molecule has 2 amide bonds. The molecule has 1 aromatic carbocycles. The Kier molecular flexibility index (Phi) is 3.22. The molecule has 0 bridgehead atoms. The fraction of sp³-hybridized carbons (Fsp3) is 0.429. The molecule has 1 fully saturated rings. The normalized spacial score (nSPS) is 20.9. The molecule has 2 aliphatic heterocycles. The average Bonchev–Trinajstić information content (AvgIpc) is 2.90. The lowest BCUT2D eigenvalue weighted by atomic mass is 10.0. The molecule has 1 unspecified atom stereocenters. The van der Waals surface area contributed by atoms with Crippen molar-refractivity contribution < 1.29 is 19.1 Å². The third-order valence-electron chi connectivity index (χ3n) is 3.60. The van der Waals surface area contributed by atoms with E-state index in [-0.39, 0.29) is 24.6 Å². The van der Waals surface area contributed by atoms with E-state index in [4.69, 9.17) is 9.47 Å². The summed E-state index contributed by atoms with van der Waals surface area (Å²) in [4.78, 5) is 25.2. The summed E-state index contributed by atoms with van der Waals surface area (Å²) in [6.07, 6.45) is 1.15. The number of hydrogen-bond acceptors (Lipinski definition) is 4. The number of nitrogens with one attached hydrogen (secondary N) is 1. The molecule has 2 heterocycles. The van der Waals surface area contributed by atoms with Gasteiger partial charge >= 0.3 is 0 Å². The number of likely N-dealkylation sites (N-methyl/N-ethyl adjacent to an activating group) is 1. The number of carbonyl (C=O) groups is 2. The van der Waals surface area contributed by atoms with Crippen molar-refractivity contribution in [3.05, 3.63) is 23.8 Å². The average molecular weight is 276 g/mol. The molecule has 0 saturated carbocycles. The van der Waals surface area contributed by atoms with E-state index in [1.807, 2.05) is 0 Å². The van der Waals surface area contributed by atoms with Crippen molar-refractivity contribution >= 4 is 11.8 Å². The van der Waals surface area contributed by atoms with Gasteiger partial charge < -0.3 is 19.7 Å². The molecule has 0 spiro atoms. The number of ether oxygens (including phenoxy) is 2. The summed E-state index contributed by atoms with van der Waals surface area (Å²) in [6, 6.07) is 5.11. The Morgan fingerprint density at radius 3 is 2.95 bits per heavy atom. The van der Waals surface area contributed by atoms with Crippen LogP contribution in [0.3, 0.4) is 0 Å². The van der Waals surface area contributed by atoms with Crippen molar-refractivity contribution in [2.45, 2.75) is 18.9 Å². The van der Waals surface area contributed by atoms with Crippen LogP contribution < -0.4 is 14.8 Å². The lowest BCUT2D eigenvalue weighted by molar-refractivity contribution is -0.132. The van der Waals surface area contributed by atoms with Gasteiger partial charge in [-0.05, 0) is 24.6 Å². The number of benzene rings is 1. The zero-order chi connectivity index (χ0) is 14.1. The summed E-state index contributed by atoms with van der Waals surface area (Å²) in [7, 11) is 1.75. The number of fused-ring (bicyclic) bond motifs is 1. The highest BCUT2D eigenvalue weighted by Crippen LogP contribution is 2.32. The summed E-state index contributed by atoms with van der Waals surface area (Å²) >= 11 is 0. The minimum absolute atomic E-state index is 0.00405. The van der Waals surface area contributed by atoms with E-state index >= 15 is 0 Å². The maximum atomic E-state index is 12.2. The summed E-state index contributed by atoms with van der Waals surface area (Å²) in [5.41, 5.74) is 0.536. The number of hydrogen-bond donors (Lipinski definition) is 1.